The van der Waals surface area contributed by atoms with Crippen LogP contribution in [0.5, 0.6) is 11.5 Å². The fourth-order valence-electron chi connectivity index (χ4n) is 9.35. The molecule has 6 rings (SSSR count). The summed E-state index contributed by atoms with van der Waals surface area (Å²) in [5.74, 6) is -0.323. The largest absolute Gasteiger partial charge is 0.493 e. The van der Waals surface area contributed by atoms with Crippen LogP contribution in [0.3, 0.4) is 0 Å². The van der Waals surface area contributed by atoms with Crippen molar-refractivity contribution in [2.24, 2.45) is 22.9 Å². The molecule has 1 aliphatic heterocycles. The Kier molecular flexibility index (Phi) is 17.9. The van der Waals surface area contributed by atoms with Crippen LogP contribution < -0.4 is 9.47 Å². The average molecular weight is 896 g/mol. The predicted molar refractivity (Wildman–Crippen MR) is 249 cm³/mol. The van der Waals surface area contributed by atoms with Crippen molar-refractivity contribution in [3.05, 3.63) is 114 Å². The van der Waals surface area contributed by atoms with Crippen LogP contribution in [0.1, 0.15) is 93.1 Å². The van der Waals surface area contributed by atoms with E-state index in [1.165, 1.54) is 4.90 Å². The number of aliphatic hydroxyl groups excluding tert-OH is 3. The van der Waals surface area contributed by atoms with E-state index in [1.807, 2.05) is 51.1 Å². The van der Waals surface area contributed by atoms with Crippen LogP contribution in [-0.2, 0) is 14.3 Å². The fraction of sp³-hybridized carbons (Fsp3) is 0.510. The lowest BCUT2D eigenvalue weighted by Crippen LogP contribution is -2.70. The van der Waals surface area contributed by atoms with Gasteiger partial charge < -0.3 is 44.0 Å². The van der Waals surface area contributed by atoms with E-state index >= 15 is 4.79 Å². The predicted octanol–water partition coefficient (Wildman–Crippen LogP) is 8.31. The monoisotopic (exact) mass is 895 g/mol. The Hall–Kier alpha value is -4.68. The van der Waals surface area contributed by atoms with Crippen molar-refractivity contribution in [3.8, 4) is 17.6 Å². The third-order valence-electron chi connectivity index (χ3n) is 12.0. The molecule has 13 heteroatoms. The minimum absolute atomic E-state index is 0.0383. The maximum absolute atomic E-state index is 15.1. The van der Waals surface area contributed by atoms with Gasteiger partial charge in [0.15, 0.2) is 0 Å². The summed E-state index contributed by atoms with van der Waals surface area (Å²) in [6.45, 7) is 10.8. The summed E-state index contributed by atoms with van der Waals surface area (Å²) in [5, 5.41) is 44.1. The number of fused-ring (bicyclic) bond motifs is 2. The van der Waals surface area contributed by atoms with Gasteiger partial charge in [-0.2, -0.15) is 5.26 Å². The maximum atomic E-state index is 15.1. The van der Waals surface area contributed by atoms with Crippen LogP contribution >= 0.6 is 11.8 Å². The van der Waals surface area contributed by atoms with Gasteiger partial charge in [-0.1, -0.05) is 48.3 Å². The van der Waals surface area contributed by atoms with Gasteiger partial charge in [0.1, 0.15) is 23.1 Å². The summed E-state index contributed by atoms with van der Waals surface area (Å²) in [6, 6.07) is 24.1. The van der Waals surface area contributed by atoms with Crippen molar-refractivity contribution in [1.29, 1.82) is 5.26 Å². The molecule has 12 nitrogen and oxygen atoms in total. The smallest absolute Gasteiger partial charge is 0.254 e. The number of benzene rings is 3. The van der Waals surface area contributed by atoms with Crippen LogP contribution in [0, 0.1) is 29.1 Å². The van der Waals surface area contributed by atoms with E-state index in [4.69, 9.17) is 28.9 Å². The molecular formula is C51H65N3O9S. The Bertz CT molecular complexity index is 2080. The molecule has 3 aliphatic rings. The number of unbranched alkanes of at least 4 members (excludes halogenated alkanes) is 2. The number of hydrogen-bond acceptors (Lipinski definition) is 12. The average Bonchev–Trinajstić information content (AvgIpc) is 3.30. The Morgan fingerprint density at radius 3 is 2.42 bits per heavy atom. The van der Waals surface area contributed by atoms with E-state index in [-0.39, 0.29) is 76.3 Å². The summed E-state index contributed by atoms with van der Waals surface area (Å²) in [7, 11) is 0. The lowest BCUT2D eigenvalue weighted by atomic mass is 9.55. The molecule has 0 spiro atoms. The van der Waals surface area contributed by atoms with Crippen molar-refractivity contribution in [3.63, 3.8) is 0 Å². The number of thioether (sulfide) groups is 1. The standard InChI is InChI=1S/C51H65N3O9S/c1-5-27-61-51-46(54(23-28-59-29-26-57)49(58)37-19-17-36(35-52)18-20-37)34-44(53-63-50(2,3)4)42-32-38(13-9-11-24-55)41(16-10-12-25-56)47(48(42)51)43-33-39(21-22-45(43)62-51)60-30-31-64-40-14-7-6-8-15-40/h5-8,14-15,17-22,32-33,38,41,46-48,55-57H,1,9-13,16,23-31,34H2,2-4H3/t38-,41+,46-,47+,48+,51+/m0/s1. The molecule has 1 fully saturated rings. The van der Waals surface area contributed by atoms with E-state index in [1.54, 1.807) is 47.0 Å². The summed E-state index contributed by atoms with van der Waals surface area (Å²) in [6.07, 6.45) is 8.76. The molecule has 3 aromatic rings. The van der Waals surface area contributed by atoms with Gasteiger partial charge in [-0.05, 0) is 118 Å². The van der Waals surface area contributed by atoms with E-state index < -0.39 is 23.3 Å². The van der Waals surface area contributed by atoms with Gasteiger partial charge in [-0.25, -0.2) is 0 Å². The topological polar surface area (TPSA) is 163 Å². The molecule has 64 heavy (non-hydrogen) atoms. The van der Waals surface area contributed by atoms with Crippen molar-refractivity contribution < 1.29 is 43.9 Å². The lowest BCUT2D eigenvalue weighted by molar-refractivity contribution is -0.254. The molecule has 2 aliphatic carbocycles. The number of nitrogens with zero attached hydrogens (tertiary/aromatic N) is 3. The van der Waals surface area contributed by atoms with Gasteiger partial charge in [0.2, 0.25) is 5.79 Å². The third-order valence-corrected chi connectivity index (χ3v) is 13.0. The zero-order valence-electron chi connectivity index (χ0n) is 37.5. The van der Waals surface area contributed by atoms with Gasteiger partial charge >= 0.3 is 0 Å². The number of allylic oxidation sites excluding steroid dienone is 1. The number of carbonyl (C=O) groups excluding carboxylic acids is 1. The van der Waals surface area contributed by atoms with Gasteiger partial charge in [0, 0.05) is 53.9 Å². The van der Waals surface area contributed by atoms with Gasteiger partial charge in [0.25, 0.3) is 5.91 Å². The molecule has 3 aromatic carbocycles. The Morgan fingerprint density at radius 2 is 1.73 bits per heavy atom. The highest BCUT2D eigenvalue weighted by atomic mass is 32.2. The molecule has 1 saturated carbocycles. The first kappa shape index (κ1) is 48.8. The lowest BCUT2D eigenvalue weighted by Gasteiger charge is -2.60. The number of ether oxygens (including phenoxy) is 4. The Morgan fingerprint density at radius 1 is 0.984 bits per heavy atom. The van der Waals surface area contributed by atoms with Crippen LogP contribution in [0.15, 0.2) is 107 Å². The fourth-order valence-corrected chi connectivity index (χ4v) is 10.1. The third kappa shape index (κ3) is 12.0. The van der Waals surface area contributed by atoms with E-state index in [2.05, 4.69) is 36.9 Å². The van der Waals surface area contributed by atoms with Crippen molar-refractivity contribution in [2.45, 2.75) is 94.0 Å². The zero-order valence-corrected chi connectivity index (χ0v) is 38.3. The first-order chi connectivity index (χ1) is 31.1. The summed E-state index contributed by atoms with van der Waals surface area (Å²) < 4.78 is 26.8. The molecule has 1 heterocycles. The van der Waals surface area contributed by atoms with Crippen molar-refractivity contribution in [1.82, 2.24) is 4.90 Å². The maximum Gasteiger partial charge on any atom is 0.254 e. The quantitative estimate of drug-likeness (QED) is 0.0343. The number of aliphatic hydroxyl groups is 3. The molecule has 0 unspecified atom stereocenters. The summed E-state index contributed by atoms with van der Waals surface area (Å²) in [5.41, 5.74) is 2.75. The molecule has 0 saturated heterocycles. The highest BCUT2D eigenvalue weighted by Gasteiger charge is 2.65. The number of oxime groups is 1. The first-order valence-electron chi connectivity index (χ1n) is 22.6. The van der Waals surface area contributed by atoms with Gasteiger partial charge in [-0.3, -0.25) is 4.79 Å². The SMILES string of the molecule is C=CCO[C@@]12Oc3ccc(OCCSc4ccccc4)cc3[C@H]3[C@H](CCCCO)[C@@H](CCCCO)C=C(C(=NOC(C)(C)C)C[C@@H]1N(CCOCCO)C(=O)c1ccc(C#N)cc1)[C@H]32. The van der Waals surface area contributed by atoms with E-state index in [0.29, 0.717) is 47.8 Å². The van der Waals surface area contributed by atoms with E-state index in [9.17, 15) is 20.6 Å². The first-order valence-corrected chi connectivity index (χ1v) is 23.6. The summed E-state index contributed by atoms with van der Waals surface area (Å²) >= 11 is 1.73. The van der Waals surface area contributed by atoms with Crippen LogP contribution in [0.2, 0.25) is 0 Å². The Labute approximate surface area is 382 Å². The molecular weight excluding hydrogens is 831 g/mol. The number of nitriles is 1. The highest BCUT2D eigenvalue weighted by molar-refractivity contribution is 7.99. The molecule has 1 amide bonds. The molecule has 0 aromatic heterocycles. The van der Waals surface area contributed by atoms with E-state index in [0.717, 1.165) is 42.6 Å². The number of amides is 1. The molecule has 6 atom stereocenters. The summed E-state index contributed by atoms with van der Waals surface area (Å²) in [4.78, 5) is 24.2. The Balaban J connectivity index is 1.55. The van der Waals surface area contributed by atoms with Crippen molar-refractivity contribution in [2.75, 3.05) is 58.5 Å². The molecule has 0 radical (unpaired) electrons. The highest BCUT2D eigenvalue weighted by Crippen LogP contribution is 2.62. The minimum atomic E-state index is -1.47. The van der Waals surface area contributed by atoms with Crippen molar-refractivity contribution >= 4 is 23.4 Å². The second kappa shape index (κ2) is 23.5. The van der Waals surface area contributed by atoms with Crippen LogP contribution in [0.4, 0.5) is 0 Å². The number of rotatable bonds is 24. The molecule has 344 valence electrons. The molecule has 0 bridgehead atoms. The second-order valence-electron chi connectivity index (χ2n) is 17.5. The van der Waals surface area contributed by atoms with Gasteiger partial charge in [-0.15, -0.1) is 18.3 Å². The van der Waals surface area contributed by atoms with Crippen LogP contribution in [-0.4, -0.2) is 108 Å². The van der Waals surface area contributed by atoms with Gasteiger partial charge in [0.05, 0.1) is 56.3 Å². The number of carbonyl (C=O) groups is 1. The molecule has 3 N–H and O–H groups in total. The minimum Gasteiger partial charge on any atom is -0.493 e. The van der Waals surface area contributed by atoms with Crippen LogP contribution in [0.25, 0.3) is 0 Å². The normalized spacial score (nSPS) is 22.9. The number of hydrogen-bond donors (Lipinski definition) is 3. The second-order valence-corrected chi connectivity index (χ2v) is 18.7. The zero-order chi connectivity index (χ0) is 45.5.